The van der Waals surface area contributed by atoms with E-state index in [1.165, 1.54) is 0 Å². The zero-order valence-electron chi connectivity index (χ0n) is 11.5. The van der Waals surface area contributed by atoms with Crippen LogP contribution in [-0.4, -0.2) is 29.9 Å². The predicted octanol–water partition coefficient (Wildman–Crippen LogP) is 2.85. The highest BCUT2D eigenvalue weighted by Crippen LogP contribution is 2.24. The molecular weight excluding hydrogens is 260 g/mol. The topological polar surface area (TPSA) is 46.3 Å². The standard InChI is InChI=1S/C15H21ClN2O/c1-3-11-9-18(8-7-14(11)17)15(19)12-5-4-6-13(16)10(12)2/h4-6,11,14H,3,7-9,17H2,1-2H3. The Bertz CT molecular complexity index is 475. The fourth-order valence-electron chi connectivity index (χ4n) is 2.68. The third kappa shape index (κ3) is 2.93. The van der Waals surface area contributed by atoms with Gasteiger partial charge < -0.3 is 10.6 Å². The number of piperidine rings is 1. The summed E-state index contributed by atoms with van der Waals surface area (Å²) in [5.41, 5.74) is 7.65. The van der Waals surface area contributed by atoms with E-state index in [9.17, 15) is 4.79 Å². The summed E-state index contributed by atoms with van der Waals surface area (Å²) < 4.78 is 0. The third-order valence-electron chi connectivity index (χ3n) is 4.10. The lowest BCUT2D eigenvalue weighted by atomic mass is 9.90. The van der Waals surface area contributed by atoms with Crippen molar-refractivity contribution in [2.45, 2.75) is 32.7 Å². The highest BCUT2D eigenvalue weighted by molar-refractivity contribution is 6.31. The minimum absolute atomic E-state index is 0.0744. The molecule has 1 heterocycles. The maximum absolute atomic E-state index is 12.6. The van der Waals surface area contributed by atoms with Crippen LogP contribution in [0.15, 0.2) is 18.2 Å². The molecule has 1 saturated heterocycles. The highest BCUT2D eigenvalue weighted by Gasteiger charge is 2.29. The Hall–Kier alpha value is -1.06. The highest BCUT2D eigenvalue weighted by atomic mass is 35.5. The number of hydrogen-bond acceptors (Lipinski definition) is 2. The van der Waals surface area contributed by atoms with Crippen LogP contribution >= 0.6 is 11.6 Å². The molecule has 1 aliphatic heterocycles. The zero-order chi connectivity index (χ0) is 14.0. The molecule has 0 spiro atoms. The van der Waals surface area contributed by atoms with Gasteiger partial charge in [0.25, 0.3) is 5.91 Å². The van der Waals surface area contributed by atoms with Crippen molar-refractivity contribution >= 4 is 17.5 Å². The van der Waals surface area contributed by atoms with Crippen molar-refractivity contribution in [2.24, 2.45) is 11.7 Å². The van der Waals surface area contributed by atoms with Crippen molar-refractivity contribution in [1.82, 2.24) is 4.90 Å². The summed E-state index contributed by atoms with van der Waals surface area (Å²) in [5.74, 6) is 0.475. The molecular formula is C15H21ClN2O. The van der Waals surface area contributed by atoms with Crippen molar-refractivity contribution in [3.8, 4) is 0 Å². The van der Waals surface area contributed by atoms with Gasteiger partial charge in [-0.1, -0.05) is 31.0 Å². The van der Waals surface area contributed by atoms with Crippen molar-refractivity contribution in [3.05, 3.63) is 34.3 Å². The first kappa shape index (κ1) is 14.4. The Kier molecular flexibility index (Phi) is 4.48. The molecule has 3 nitrogen and oxygen atoms in total. The normalized spacial score (nSPS) is 23.5. The number of nitrogens with zero attached hydrogens (tertiary/aromatic N) is 1. The number of nitrogens with two attached hydrogens (primary N) is 1. The molecule has 4 heteroatoms. The summed E-state index contributed by atoms with van der Waals surface area (Å²) in [7, 11) is 0. The van der Waals surface area contributed by atoms with E-state index in [-0.39, 0.29) is 11.9 Å². The molecule has 1 fully saturated rings. The lowest BCUT2D eigenvalue weighted by molar-refractivity contribution is 0.0648. The summed E-state index contributed by atoms with van der Waals surface area (Å²) in [5, 5.41) is 0.645. The van der Waals surface area contributed by atoms with E-state index in [1.807, 2.05) is 30.0 Å². The lowest BCUT2D eigenvalue weighted by Gasteiger charge is -2.36. The number of carbonyl (C=O) groups is 1. The van der Waals surface area contributed by atoms with Crippen molar-refractivity contribution in [3.63, 3.8) is 0 Å². The second-order valence-corrected chi connectivity index (χ2v) is 5.69. The van der Waals surface area contributed by atoms with Gasteiger partial charge in [0.15, 0.2) is 0 Å². The maximum atomic E-state index is 12.6. The number of hydrogen-bond donors (Lipinski definition) is 1. The molecule has 2 unspecified atom stereocenters. The first-order chi connectivity index (χ1) is 9.04. The zero-order valence-corrected chi connectivity index (χ0v) is 12.3. The van der Waals surface area contributed by atoms with E-state index in [2.05, 4.69) is 6.92 Å². The molecule has 2 N–H and O–H groups in total. The van der Waals surface area contributed by atoms with Gasteiger partial charge in [-0.15, -0.1) is 0 Å². The van der Waals surface area contributed by atoms with Gasteiger partial charge in [-0.25, -0.2) is 0 Å². The van der Waals surface area contributed by atoms with Gasteiger partial charge >= 0.3 is 0 Å². The number of halogens is 1. The van der Waals surface area contributed by atoms with Crippen LogP contribution in [0, 0.1) is 12.8 Å². The van der Waals surface area contributed by atoms with Crippen LogP contribution in [0.5, 0.6) is 0 Å². The van der Waals surface area contributed by atoms with Crippen LogP contribution in [0.25, 0.3) is 0 Å². The van der Waals surface area contributed by atoms with E-state index < -0.39 is 0 Å². The summed E-state index contributed by atoms with van der Waals surface area (Å²) in [6.07, 6.45) is 1.89. The molecule has 0 aromatic heterocycles. The SMILES string of the molecule is CCC1CN(C(=O)c2cccc(Cl)c2C)CCC1N. The smallest absolute Gasteiger partial charge is 0.254 e. The molecule has 0 bridgehead atoms. The molecule has 0 saturated carbocycles. The lowest BCUT2D eigenvalue weighted by Crippen LogP contribution is -2.49. The Morgan fingerprint density at radius 2 is 2.26 bits per heavy atom. The van der Waals surface area contributed by atoms with Crippen LogP contribution < -0.4 is 5.73 Å². The van der Waals surface area contributed by atoms with Crippen LogP contribution in [0.3, 0.4) is 0 Å². The molecule has 2 atom stereocenters. The quantitative estimate of drug-likeness (QED) is 0.905. The van der Waals surface area contributed by atoms with Crippen molar-refractivity contribution in [1.29, 1.82) is 0 Å². The summed E-state index contributed by atoms with van der Waals surface area (Å²) in [4.78, 5) is 14.5. The minimum Gasteiger partial charge on any atom is -0.338 e. The summed E-state index contributed by atoms with van der Waals surface area (Å²) >= 11 is 6.09. The largest absolute Gasteiger partial charge is 0.338 e. The van der Waals surface area contributed by atoms with E-state index in [1.54, 1.807) is 0 Å². The van der Waals surface area contributed by atoms with Gasteiger partial charge in [-0.3, -0.25) is 4.79 Å². The Labute approximate surface area is 119 Å². The van der Waals surface area contributed by atoms with Crippen LogP contribution in [0.4, 0.5) is 0 Å². The molecule has 19 heavy (non-hydrogen) atoms. The molecule has 104 valence electrons. The van der Waals surface area contributed by atoms with Crippen molar-refractivity contribution < 1.29 is 4.79 Å². The Morgan fingerprint density at radius 3 is 2.95 bits per heavy atom. The molecule has 2 rings (SSSR count). The van der Waals surface area contributed by atoms with Crippen LogP contribution in [-0.2, 0) is 0 Å². The van der Waals surface area contributed by atoms with E-state index in [4.69, 9.17) is 17.3 Å². The fraction of sp³-hybridized carbons (Fsp3) is 0.533. The number of rotatable bonds is 2. The first-order valence-corrected chi connectivity index (χ1v) is 7.22. The number of amides is 1. The third-order valence-corrected chi connectivity index (χ3v) is 4.51. The number of likely N-dealkylation sites (tertiary alicyclic amines) is 1. The molecule has 1 aromatic carbocycles. The first-order valence-electron chi connectivity index (χ1n) is 6.84. The second kappa shape index (κ2) is 5.93. The van der Waals surface area contributed by atoms with Crippen molar-refractivity contribution in [2.75, 3.05) is 13.1 Å². The molecule has 1 aromatic rings. The monoisotopic (exact) mass is 280 g/mol. The molecule has 1 aliphatic rings. The average Bonchev–Trinajstić information content (AvgIpc) is 2.41. The Balaban J connectivity index is 2.18. The molecule has 0 aliphatic carbocycles. The second-order valence-electron chi connectivity index (χ2n) is 5.28. The average molecular weight is 281 g/mol. The van der Waals surface area contributed by atoms with Crippen LogP contribution in [0.2, 0.25) is 5.02 Å². The number of carbonyl (C=O) groups excluding carboxylic acids is 1. The maximum Gasteiger partial charge on any atom is 0.254 e. The predicted molar refractivity (Wildman–Crippen MR) is 78.5 cm³/mol. The van der Waals surface area contributed by atoms with E-state index in [0.29, 0.717) is 16.5 Å². The van der Waals surface area contributed by atoms with Gasteiger partial charge in [0.05, 0.1) is 0 Å². The van der Waals surface area contributed by atoms with Gasteiger partial charge in [-0.05, 0) is 37.0 Å². The van der Waals surface area contributed by atoms with Crippen LogP contribution in [0.1, 0.15) is 35.7 Å². The fourth-order valence-corrected chi connectivity index (χ4v) is 2.85. The summed E-state index contributed by atoms with van der Waals surface area (Å²) in [6.45, 7) is 5.51. The van der Waals surface area contributed by atoms with Gasteiger partial charge in [0.2, 0.25) is 0 Å². The van der Waals surface area contributed by atoms with Gasteiger partial charge in [0, 0.05) is 29.7 Å². The van der Waals surface area contributed by atoms with Gasteiger partial charge in [0.1, 0.15) is 0 Å². The minimum atomic E-state index is 0.0744. The van der Waals surface area contributed by atoms with Gasteiger partial charge in [-0.2, -0.15) is 0 Å². The van der Waals surface area contributed by atoms with E-state index >= 15 is 0 Å². The number of benzene rings is 1. The molecule has 0 radical (unpaired) electrons. The van der Waals surface area contributed by atoms with E-state index in [0.717, 1.165) is 31.5 Å². The Morgan fingerprint density at radius 1 is 1.53 bits per heavy atom. The summed E-state index contributed by atoms with van der Waals surface area (Å²) in [6, 6.07) is 5.71. The molecule has 1 amide bonds.